The van der Waals surface area contributed by atoms with E-state index >= 15 is 0 Å². The Kier molecular flexibility index (Phi) is 5.59. The molecule has 1 saturated heterocycles. The van der Waals surface area contributed by atoms with Gasteiger partial charge in [-0.3, -0.25) is 0 Å². The fourth-order valence-corrected chi connectivity index (χ4v) is 2.66. The summed E-state index contributed by atoms with van der Waals surface area (Å²) in [5.41, 5.74) is 0.570. The number of likely N-dealkylation sites (N-methyl/N-ethyl adjacent to an activating group) is 1. The summed E-state index contributed by atoms with van der Waals surface area (Å²) in [5.74, 6) is 0.480. The largest absolute Gasteiger partial charge is 0.497 e. The lowest BCUT2D eigenvalue weighted by Crippen LogP contribution is -3.27. The van der Waals surface area contributed by atoms with Gasteiger partial charge in [0.1, 0.15) is 44.6 Å². The van der Waals surface area contributed by atoms with Gasteiger partial charge in [0.2, 0.25) is 0 Å². The van der Waals surface area contributed by atoms with E-state index in [-0.39, 0.29) is 12.1 Å². The Hall–Kier alpha value is -1.59. The molecule has 2 rings (SSSR count). The summed E-state index contributed by atoms with van der Waals surface area (Å²) >= 11 is 0. The number of rotatable bonds is 5. The van der Waals surface area contributed by atoms with Crippen LogP contribution in [0.3, 0.4) is 0 Å². The number of carbonyl (C=O) groups is 1. The van der Waals surface area contributed by atoms with Crippen LogP contribution >= 0.6 is 0 Å². The van der Waals surface area contributed by atoms with Gasteiger partial charge >= 0.3 is 5.97 Å². The Morgan fingerprint density at radius 2 is 1.81 bits per heavy atom. The minimum Gasteiger partial charge on any atom is -0.497 e. The molecule has 21 heavy (non-hydrogen) atoms. The monoisotopic (exact) mass is 294 g/mol. The predicted molar refractivity (Wildman–Crippen MR) is 80.1 cm³/mol. The Morgan fingerprint density at radius 1 is 1.19 bits per heavy atom. The van der Waals surface area contributed by atoms with E-state index in [0.29, 0.717) is 5.56 Å². The molecule has 0 unspecified atom stereocenters. The number of quaternary nitrogens is 2. The van der Waals surface area contributed by atoms with Gasteiger partial charge in [-0.2, -0.15) is 0 Å². The van der Waals surface area contributed by atoms with Gasteiger partial charge in [0.15, 0.2) is 0 Å². The molecule has 0 amide bonds. The summed E-state index contributed by atoms with van der Waals surface area (Å²) < 4.78 is 10.6. The molecule has 0 bridgehead atoms. The minimum absolute atomic E-state index is 0.0620. The SMILES string of the molecule is COc1ccc(C(=O)O[C@H](C)C[NH+]2CC[NH+](C)CC2)cc1. The van der Waals surface area contributed by atoms with Crippen LogP contribution in [0.15, 0.2) is 24.3 Å². The van der Waals surface area contributed by atoms with Crippen LogP contribution in [0.4, 0.5) is 0 Å². The van der Waals surface area contributed by atoms with Crippen LogP contribution in [0, 0.1) is 0 Å². The molecule has 1 aliphatic rings. The van der Waals surface area contributed by atoms with Crippen LogP contribution in [-0.2, 0) is 4.74 Å². The summed E-state index contributed by atoms with van der Waals surface area (Å²) in [7, 11) is 3.83. The molecular weight excluding hydrogens is 268 g/mol. The molecule has 1 aromatic rings. The van der Waals surface area contributed by atoms with Crippen molar-refractivity contribution in [1.29, 1.82) is 0 Å². The van der Waals surface area contributed by atoms with Crippen molar-refractivity contribution in [3.8, 4) is 5.75 Å². The quantitative estimate of drug-likeness (QED) is 0.660. The van der Waals surface area contributed by atoms with E-state index in [2.05, 4.69) is 7.05 Å². The van der Waals surface area contributed by atoms with Gasteiger partial charge in [-0.25, -0.2) is 4.79 Å². The zero-order chi connectivity index (χ0) is 15.2. The van der Waals surface area contributed by atoms with Gasteiger partial charge < -0.3 is 19.3 Å². The standard InChI is InChI=1S/C16H24N2O3/c1-13(12-18-10-8-17(2)9-11-18)21-16(19)14-4-6-15(20-3)7-5-14/h4-7,13H,8-12H2,1-3H3/p+2/t13-/m1/s1. The number of hydrogen-bond acceptors (Lipinski definition) is 3. The molecule has 0 spiro atoms. The Bertz CT molecular complexity index is 453. The van der Waals surface area contributed by atoms with Gasteiger partial charge in [0.25, 0.3) is 0 Å². The zero-order valence-electron chi connectivity index (χ0n) is 13.1. The summed E-state index contributed by atoms with van der Waals surface area (Å²) in [5, 5.41) is 0. The first-order valence-corrected chi connectivity index (χ1v) is 7.58. The smallest absolute Gasteiger partial charge is 0.338 e. The Morgan fingerprint density at radius 3 is 2.38 bits per heavy atom. The lowest BCUT2D eigenvalue weighted by Gasteiger charge is -2.28. The van der Waals surface area contributed by atoms with Gasteiger partial charge in [0, 0.05) is 0 Å². The first-order chi connectivity index (χ1) is 10.1. The molecule has 0 aliphatic carbocycles. The number of benzene rings is 1. The van der Waals surface area contributed by atoms with Crippen LogP contribution < -0.4 is 14.5 Å². The van der Waals surface area contributed by atoms with Crippen molar-refractivity contribution in [3.05, 3.63) is 29.8 Å². The highest BCUT2D eigenvalue weighted by molar-refractivity contribution is 5.89. The molecule has 2 N–H and O–H groups in total. The zero-order valence-corrected chi connectivity index (χ0v) is 13.1. The van der Waals surface area contributed by atoms with E-state index < -0.39 is 0 Å². The molecule has 0 radical (unpaired) electrons. The second-order valence-corrected chi connectivity index (χ2v) is 5.86. The normalized spacial score (nSPS) is 23.4. The fraction of sp³-hybridized carbons (Fsp3) is 0.562. The first-order valence-electron chi connectivity index (χ1n) is 7.58. The van der Waals surface area contributed by atoms with E-state index in [4.69, 9.17) is 9.47 Å². The second-order valence-electron chi connectivity index (χ2n) is 5.86. The highest BCUT2D eigenvalue weighted by Crippen LogP contribution is 2.12. The molecule has 1 aliphatic heterocycles. The molecule has 0 saturated carbocycles. The Labute approximate surface area is 126 Å². The van der Waals surface area contributed by atoms with Crippen molar-refractivity contribution in [2.24, 2.45) is 0 Å². The third kappa shape index (κ3) is 4.72. The third-order valence-corrected chi connectivity index (χ3v) is 4.02. The number of nitrogens with one attached hydrogen (secondary N) is 2. The Balaban J connectivity index is 1.81. The molecule has 1 fully saturated rings. The highest BCUT2D eigenvalue weighted by Gasteiger charge is 2.23. The van der Waals surface area contributed by atoms with Crippen molar-refractivity contribution >= 4 is 5.97 Å². The predicted octanol–water partition coefficient (Wildman–Crippen LogP) is -1.35. The van der Waals surface area contributed by atoms with Crippen LogP contribution in [0.1, 0.15) is 17.3 Å². The molecule has 1 heterocycles. The first kappa shape index (κ1) is 15.8. The van der Waals surface area contributed by atoms with Crippen molar-refractivity contribution in [1.82, 2.24) is 0 Å². The molecule has 5 heteroatoms. The van der Waals surface area contributed by atoms with Crippen molar-refractivity contribution in [3.63, 3.8) is 0 Å². The lowest BCUT2D eigenvalue weighted by molar-refractivity contribution is -1.00. The maximum absolute atomic E-state index is 12.1. The van der Waals surface area contributed by atoms with Crippen LogP contribution in [0.5, 0.6) is 5.75 Å². The molecular formula is C16H26N2O3+2. The second kappa shape index (κ2) is 7.43. The number of methoxy groups -OCH3 is 1. The number of esters is 1. The molecule has 116 valence electrons. The van der Waals surface area contributed by atoms with E-state index in [9.17, 15) is 4.79 Å². The van der Waals surface area contributed by atoms with E-state index in [1.165, 1.54) is 18.0 Å². The third-order valence-electron chi connectivity index (χ3n) is 4.02. The van der Waals surface area contributed by atoms with Crippen molar-refractivity contribution in [2.45, 2.75) is 13.0 Å². The van der Waals surface area contributed by atoms with Gasteiger partial charge in [0.05, 0.1) is 19.7 Å². The topological polar surface area (TPSA) is 44.4 Å². The summed E-state index contributed by atoms with van der Waals surface area (Å²) in [6, 6.07) is 7.02. The maximum Gasteiger partial charge on any atom is 0.338 e. The molecule has 1 aromatic carbocycles. The molecule has 1 atom stereocenters. The van der Waals surface area contributed by atoms with Crippen molar-refractivity contribution < 1.29 is 24.1 Å². The lowest BCUT2D eigenvalue weighted by atomic mass is 10.2. The van der Waals surface area contributed by atoms with Crippen LogP contribution in [0.2, 0.25) is 0 Å². The summed E-state index contributed by atoms with van der Waals surface area (Å²) in [6.45, 7) is 7.53. The van der Waals surface area contributed by atoms with Gasteiger partial charge in [-0.15, -0.1) is 0 Å². The number of piperazine rings is 1. The number of carbonyl (C=O) groups excluding carboxylic acids is 1. The summed E-state index contributed by atoms with van der Waals surface area (Å²) in [6.07, 6.45) is -0.0620. The average Bonchev–Trinajstić information content (AvgIpc) is 2.49. The fourth-order valence-electron chi connectivity index (χ4n) is 2.66. The van der Waals surface area contributed by atoms with Crippen LogP contribution in [-0.4, -0.2) is 59.0 Å². The number of hydrogen-bond donors (Lipinski definition) is 2. The number of ether oxygens (including phenoxy) is 2. The van der Waals surface area contributed by atoms with E-state index in [1.54, 1.807) is 36.3 Å². The van der Waals surface area contributed by atoms with Crippen LogP contribution in [0.25, 0.3) is 0 Å². The maximum atomic E-state index is 12.1. The van der Waals surface area contributed by atoms with E-state index in [1.807, 2.05) is 6.92 Å². The molecule has 0 aromatic heterocycles. The van der Waals surface area contributed by atoms with Gasteiger partial charge in [-0.05, 0) is 31.2 Å². The molecule has 5 nitrogen and oxygen atoms in total. The van der Waals surface area contributed by atoms with E-state index in [0.717, 1.165) is 25.4 Å². The highest BCUT2D eigenvalue weighted by atomic mass is 16.5. The van der Waals surface area contributed by atoms with Gasteiger partial charge in [-0.1, -0.05) is 0 Å². The van der Waals surface area contributed by atoms with Crippen molar-refractivity contribution in [2.75, 3.05) is 46.9 Å². The summed E-state index contributed by atoms with van der Waals surface area (Å²) in [4.78, 5) is 15.2. The average molecular weight is 294 g/mol. The minimum atomic E-state index is -0.260.